The van der Waals surface area contributed by atoms with Gasteiger partial charge in [-0.3, -0.25) is 9.39 Å². The van der Waals surface area contributed by atoms with Gasteiger partial charge in [0.1, 0.15) is 5.82 Å². The smallest absolute Gasteiger partial charge is 0.190 e. The van der Waals surface area contributed by atoms with Crippen molar-refractivity contribution < 1.29 is 9.47 Å². The van der Waals surface area contributed by atoms with Crippen molar-refractivity contribution in [2.24, 2.45) is 10.9 Å². The lowest BCUT2D eigenvalue weighted by Gasteiger charge is -2.12. The van der Waals surface area contributed by atoms with E-state index in [9.17, 15) is 0 Å². The lowest BCUT2D eigenvalue weighted by Crippen LogP contribution is -2.39. The van der Waals surface area contributed by atoms with Crippen LogP contribution in [0.3, 0.4) is 0 Å². The Morgan fingerprint density at radius 3 is 3.12 bits per heavy atom. The second kappa shape index (κ2) is 10.1. The van der Waals surface area contributed by atoms with E-state index < -0.39 is 0 Å². The number of fused-ring (bicyclic) bond motifs is 1. The predicted molar refractivity (Wildman–Crippen MR) is 100 cm³/mol. The number of pyridine rings is 1. The highest BCUT2D eigenvalue weighted by atomic mass is 16.5. The maximum Gasteiger partial charge on any atom is 0.190 e. The summed E-state index contributed by atoms with van der Waals surface area (Å²) >= 11 is 0. The second-order valence-electron chi connectivity index (χ2n) is 6.38. The van der Waals surface area contributed by atoms with Crippen molar-refractivity contribution in [2.75, 3.05) is 46.6 Å². The molecule has 1 atom stereocenters. The maximum atomic E-state index is 5.71. The van der Waals surface area contributed by atoms with Gasteiger partial charge in [-0.05, 0) is 25.0 Å². The highest BCUT2D eigenvalue weighted by molar-refractivity contribution is 5.79. The Labute approximate surface area is 154 Å². The number of ether oxygens (including phenoxy) is 2. The first-order chi connectivity index (χ1) is 12.9. The Balaban J connectivity index is 1.28. The lowest BCUT2D eigenvalue weighted by molar-refractivity contribution is 0.0888. The van der Waals surface area contributed by atoms with Crippen molar-refractivity contribution in [1.29, 1.82) is 0 Å². The van der Waals surface area contributed by atoms with Crippen LogP contribution in [0.1, 0.15) is 18.7 Å². The van der Waals surface area contributed by atoms with E-state index in [2.05, 4.69) is 25.8 Å². The van der Waals surface area contributed by atoms with Crippen molar-refractivity contribution in [3.63, 3.8) is 0 Å². The van der Waals surface area contributed by atoms with Gasteiger partial charge in [-0.25, -0.2) is 0 Å². The van der Waals surface area contributed by atoms with Crippen LogP contribution in [0.2, 0.25) is 0 Å². The number of rotatable bonds is 9. The van der Waals surface area contributed by atoms with Crippen LogP contribution in [0, 0.1) is 5.92 Å². The van der Waals surface area contributed by atoms with E-state index >= 15 is 0 Å². The summed E-state index contributed by atoms with van der Waals surface area (Å²) in [6.07, 6.45) is 4.83. The van der Waals surface area contributed by atoms with Gasteiger partial charge >= 0.3 is 0 Å². The van der Waals surface area contributed by atoms with E-state index in [1.807, 2.05) is 28.8 Å². The number of aromatic nitrogens is 3. The molecule has 1 aliphatic rings. The lowest BCUT2D eigenvalue weighted by atomic mass is 10.1. The Hall–Kier alpha value is -2.19. The quantitative estimate of drug-likeness (QED) is 0.392. The normalized spacial score (nSPS) is 17.7. The molecule has 2 aromatic rings. The average molecular weight is 360 g/mol. The molecular weight excluding hydrogens is 332 g/mol. The summed E-state index contributed by atoms with van der Waals surface area (Å²) in [4.78, 5) is 4.24. The first kappa shape index (κ1) is 18.6. The van der Waals surface area contributed by atoms with E-state index in [0.717, 1.165) is 76.2 Å². The molecule has 0 spiro atoms. The van der Waals surface area contributed by atoms with Crippen molar-refractivity contribution in [3.8, 4) is 0 Å². The molecule has 0 amide bonds. The molecule has 1 unspecified atom stereocenters. The predicted octanol–water partition coefficient (Wildman–Crippen LogP) is 0.880. The zero-order valence-corrected chi connectivity index (χ0v) is 15.4. The van der Waals surface area contributed by atoms with E-state index in [1.165, 1.54) is 0 Å². The summed E-state index contributed by atoms with van der Waals surface area (Å²) < 4.78 is 13.1. The topological polar surface area (TPSA) is 85.1 Å². The molecule has 26 heavy (non-hydrogen) atoms. The van der Waals surface area contributed by atoms with Crippen LogP contribution >= 0.6 is 0 Å². The molecule has 1 saturated heterocycles. The number of guanidine groups is 1. The van der Waals surface area contributed by atoms with Gasteiger partial charge in [0.25, 0.3) is 0 Å². The second-order valence-corrected chi connectivity index (χ2v) is 6.38. The van der Waals surface area contributed by atoms with Gasteiger partial charge in [0, 0.05) is 51.9 Å². The SMILES string of the molecule is CN=C(NCCCOCC1CCOC1)NCCc1nnc2ccccn12. The summed E-state index contributed by atoms with van der Waals surface area (Å²) in [7, 11) is 1.78. The zero-order chi connectivity index (χ0) is 18.0. The van der Waals surface area contributed by atoms with Crippen LogP contribution in [-0.2, 0) is 15.9 Å². The molecule has 0 radical (unpaired) electrons. The van der Waals surface area contributed by atoms with Gasteiger partial charge in [-0.1, -0.05) is 6.07 Å². The van der Waals surface area contributed by atoms with Crippen LogP contribution in [0.4, 0.5) is 0 Å². The van der Waals surface area contributed by atoms with Crippen molar-refractivity contribution in [3.05, 3.63) is 30.2 Å². The minimum Gasteiger partial charge on any atom is -0.381 e. The highest BCUT2D eigenvalue weighted by Gasteiger charge is 2.15. The molecular formula is C18H28N6O2. The molecule has 8 heteroatoms. The third-order valence-corrected chi connectivity index (χ3v) is 4.38. The molecule has 3 rings (SSSR count). The molecule has 8 nitrogen and oxygen atoms in total. The molecule has 142 valence electrons. The van der Waals surface area contributed by atoms with Crippen LogP contribution in [0.25, 0.3) is 5.65 Å². The molecule has 0 bridgehead atoms. The van der Waals surface area contributed by atoms with Gasteiger partial charge < -0.3 is 20.1 Å². The number of hydrogen-bond donors (Lipinski definition) is 2. The van der Waals surface area contributed by atoms with E-state index in [-0.39, 0.29) is 0 Å². The van der Waals surface area contributed by atoms with Crippen molar-refractivity contribution in [2.45, 2.75) is 19.3 Å². The standard InChI is InChI=1S/C18H28N6O2/c1-19-18(20-8-4-11-25-13-15-7-12-26-14-15)21-9-6-17-23-22-16-5-2-3-10-24(16)17/h2-3,5,10,15H,4,6-9,11-14H2,1H3,(H2,19,20,21). The van der Waals surface area contributed by atoms with Gasteiger partial charge in [0.05, 0.1) is 13.2 Å². The number of aliphatic imine (C=N–C) groups is 1. The van der Waals surface area contributed by atoms with Gasteiger partial charge in [0.2, 0.25) is 0 Å². The molecule has 0 aliphatic carbocycles. The van der Waals surface area contributed by atoms with Gasteiger partial charge in [0.15, 0.2) is 11.6 Å². The summed E-state index contributed by atoms with van der Waals surface area (Å²) in [5, 5.41) is 15.0. The van der Waals surface area contributed by atoms with Crippen LogP contribution in [-0.4, -0.2) is 67.1 Å². The molecule has 3 heterocycles. The van der Waals surface area contributed by atoms with Crippen molar-refractivity contribution >= 4 is 11.6 Å². The Bertz CT molecular complexity index is 696. The third kappa shape index (κ3) is 5.40. The van der Waals surface area contributed by atoms with E-state index in [0.29, 0.717) is 5.92 Å². The average Bonchev–Trinajstić information content (AvgIpc) is 3.33. The molecule has 2 N–H and O–H groups in total. The fraction of sp³-hybridized carbons (Fsp3) is 0.611. The number of nitrogens with zero attached hydrogens (tertiary/aromatic N) is 4. The van der Waals surface area contributed by atoms with Crippen LogP contribution < -0.4 is 10.6 Å². The van der Waals surface area contributed by atoms with E-state index in [4.69, 9.17) is 9.47 Å². The molecule has 1 fully saturated rings. The zero-order valence-electron chi connectivity index (χ0n) is 15.4. The van der Waals surface area contributed by atoms with Crippen LogP contribution in [0.5, 0.6) is 0 Å². The first-order valence-corrected chi connectivity index (χ1v) is 9.25. The molecule has 0 aromatic carbocycles. The Morgan fingerprint density at radius 1 is 1.35 bits per heavy atom. The largest absolute Gasteiger partial charge is 0.381 e. The summed E-state index contributed by atoms with van der Waals surface area (Å²) in [5.74, 6) is 2.31. The Morgan fingerprint density at radius 2 is 2.27 bits per heavy atom. The van der Waals surface area contributed by atoms with E-state index in [1.54, 1.807) is 7.05 Å². The van der Waals surface area contributed by atoms with Gasteiger partial charge in [-0.2, -0.15) is 0 Å². The third-order valence-electron chi connectivity index (χ3n) is 4.38. The minimum absolute atomic E-state index is 0.575. The molecule has 1 aliphatic heterocycles. The summed E-state index contributed by atoms with van der Waals surface area (Å²) in [6, 6.07) is 5.89. The van der Waals surface area contributed by atoms with Crippen LogP contribution in [0.15, 0.2) is 29.4 Å². The maximum absolute atomic E-state index is 5.71. The number of hydrogen-bond acceptors (Lipinski definition) is 5. The van der Waals surface area contributed by atoms with Gasteiger partial charge in [-0.15, -0.1) is 10.2 Å². The fourth-order valence-electron chi connectivity index (χ4n) is 2.92. The first-order valence-electron chi connectivity index (χ1n) is 9.25. The van der Waals surface area contributed by atoms with Crippen molar-refractivity contribution in [1.82, 2.24) is 25.2 Å². The fourth-order valence-corrected chi connectivity index (χ4v) is 2.92. The highest BCUT2D eigenvalue weighted by Crippen LogP contribution is 2.12. The molecule has 0 saturated carbocycles. The summed E-state index contributed by atoms with van der Waals surface area (Å²) in [5.41, 5.74) is 0.870. The minimum atomic E-state index is 0.575. The summed E-state index contributed by atoms with van der Waals surface area (Å²) in [6.45, 7) is 4.85. The number of nitrogens with one attached hydrogen (secondary N) is 2. The Kier molecular flexibility index (Phi) is 7.21. The molecule has 2 aromatic heterocycles. The monoisotopic (exact) mass is 360 g/mol.